The van der Waals surface area contributed by atoms with Crippen molar-refractivity contribution in [1.29, 1.82) is 0 Å². The molecule has 3 N–H and O–H groups in total. The number of amides is 4. The molecule has 0 aliphatic carbocycles. The van der Waals surface area contributed by atoms with Crippen LogP contribution in [0.4, 0.5) is 0 Å². The number of aryl methyl sites for hydroxylation is 1. The minimum absolute atomic E-state index is 0.0527. The van der Waals surface area contributed by atoms with Crippen LogP contribution in [0.3, 0.4) is 0 Å². The van der Waals surface area contributed by atoms with E-state index in [-0.39, 0.29) is 34.7 Å². The molecule has 11 heteroatoms. The molecule has 4 amide bonds. The van der Waals surface area contributed by atoms with Gasteiger partial charge in [-0.25, -0.2) is 0 Å². The average molecular weight is 460 g/mol. The standard InChI is InChI=1S/C21H25N5O5S/c1-3-13(9-12-6-7-22-18(12)27)23-20(29)16-10-32-17-5-4-14(21(30)26(16)17)24-19(28)15-8-11(2)31-25-15/h1,8,12-14,16-17H,4-7,9-10H2,2H3,(H,22,27)(H,23,29)(H,24,28)/t12-,13+,14-,16-,17-/m0/s1. The molecule has 0 spiro atoms. The molecular weight excluding hydrogens is 434 g/mol. The van der Waals surface area contributed by atoms with Gasteiger partial charge in [0.05, 0.1) is 11.4 Å². The Kier molecular flexibility index (Phi) is 6.41. The number of piperidine rings is 1. The Morgan fingerprint density at radius 3 is 2.88 bits per heavy atom. The normalized spacial score (nSPS) is 27.9. The summed E-state index contributed by atoms with van der Waals surface area (Å²) in [5, 5.41) is 11.8. The van der Waals surface area contributed by atoms with E-state index in [4.69, 9.17) is 10.9 Å². The second-order valence-electron chi connectivity index (χ2n) is 8.22. The molecule has 3 aliphatic rings. The molecule has 1 aromatic rings. The molecule has 0 saturated carbocycles. The van der Waals surface area contributed by atoms with Crippen LogP contribution in [0, 0.1) is 25.2 Å². The third-order valence-electron chi connectivity index (χ3n) is 6.02. The van der Waals surface area contributed by atoms with Gasteiger partial charge >= 0.3 is 0 Å². The van der Waals surface area contributed by atoms with Crippen LogP contribution in [-0.2, 0) is 14.4 Å². The third kappa shape index (κ3) is 4.46. The Balaban J connectivity index is 1.39. The molecule has 0 aromatic carbocycles. The number of carbonyl (C=O) groups is 4. The van der Waals surface area contributed by atoms with Crippen molar-refractivity contribution in [2.75, 3.05) is 12.3 Å². The number of thioether (sulfide) groups is 1. The lowest BCUT2D eigenvalue weighted by atomic mass is 9.98. The van der Waals surface area contributed by atoms with Gasteiger partial charge in [-0.1, -0.05) is 11.1 Å². The number of terminal acetylenes is 1. The van der Waals surface area contributed by atoms with E-state index in [2.05, 4.69) is 27.0 Å². The van der Waals surface area contributed by atoms with Crippen LogP contribution in [0.5, 0.6) is 0 Å². The van der Waals surface area contributed by atoms with Gasteiger partial charge in [-0.2, -0.15) is 0 Å². The molecule has 32 heavy (non-hydrogen) atoms. The predicted molar refractivity (Wildman–Crippen MR) is 115 cm³/mol. The van der Waals surface area contributed by atoms with Crippen molar-refractivity contribution in [2.45, 2.75) is 56.1 Å². The van der Waals surface area contributed by atoms with Gasteiger partial charge in [-0.3, -0.25) is 19.2 Å². The smallest absolute Gasteiger partial charge is 0.274 e. The number of hydrogen-bond donors (Lipinski definition) is 3. The highest BCUT2D eigenvalue weighted by atomic mass is 32.2. The quantitative estimate of drug-likeness (QED) is 0.501. The molecule has 170 valence electrons. The van der Waals surface area contributed by atoms with Gasteiger partial charge in [0.25, 0.3) is 5.91 Å². The Bertz CT molecular complexity index is 972. The molecule has 3 saturated heterocycles. The SMILES string of the molecule is C#C[C@H](C[C@@H]1CCNC1=O)NC(=O)[C@@H]1CS[C@H]2CC[C@H](NC(=O)c3cc(C)on3)C(=O)N21. The first-order valence-corrected chi connectivity index (χ1v) is 11.6. The molecule has 1 aromatic heterocycles. The van der Waals surface area contributed by atoms with Crippen LogP contribution < -0.4 is 16.0 Å². The van der Waals surface area contributed by atoms with Crippen LogP contribution in [0.2, 0.25) is 0 Å². The Hall–Kier alpha value is -3.00. The van der Waals surface area contributed by atoms with Gasteiger partial charge in [-0.15, -0.1) is 18.2 Å². The first-order valence-electron chi connectivity index (χ1n) is 10.6. The lowest BCUT2D eigenvalue weighted by Gasteiger charge is -2.37. The van der Waals surface area contributed by atoms with Crippen molar-refractivity contribution in [1.82, 2.24) is 26.0 Å². The van der Waals surface area contributed by atoms with Crippen molar-refractivity contribution < 1.29 is 23.7 Å². The highest BCUT2D eigenvalue weighted by Crippen LogP contribution is 2.36. The molecule has 3 fully saturated rings. The lowest BCUT2D eigenvalue weighted by Crippen LogP contribution is -2.59. The zero-order valence-corrected chi connectivity index (χ0v) is 18.4. The number of rotatable bonds is 6. The van der Waals surface area contributed by atoms with E-state index in [1.807, 2.05) is 0 Å². The maximum Gasteiger partial charge on any atom is 0.274 e. The van der Waals surface area contributed by atoms with Crippen molar-refractivity contribution in [2.24, 2.45) is 5.92 Å². The zero-order chi connectivity index (χ0) is 22.8. The van der Waals surface area contributed by atoms with Gasteiger partial charge < -0.3 is 25.4 Å². The number of aromatic nitrogens is 1. The molecule has 0 radical (unpaired) electrons. The number of nitrogens with one attached hydrogen (secondary N) is 3. The maximum absolute atomic E-state index is 13.2. The van der Waals surface area contributed by atoms with Gasteiger partial charge in [0.1, 0.15) is 17.8 Å². The van der Waals surface area contributed by atoms with E-state index in [9.17, 15) is 19.2 Å². The van der Waals surface area contributed by atoms with Crippen LogP contribution in [0.1, 0.15) is 41.9 Å². The van der Waals surface area contributed by atoms with Crippen molar-refractivity contribution in [3.8, 4) is 12.3 Å². The summed E-state index contributed by atoms with van der Waals surface area (Å²) in [6.07, 6.45) is 7.78. The lowest BCUT2D eigenvalue weighted by molar-refractivity contribution is -0.143. The maximum atomic E-state index is 13.2. The van der Waals surface area contributed by atoms with Crippen LogP contribution in [0.15, 0.2) is 10.6 Å². The van der Waals surface area contributed by atoms with Gasteiger partial charge in [-0.05, 0) is 32.6 Å². The second-order valence-corrected chi connectivity index (χ2v) is 9.43. The van der Waals surface area contributed by atoms with Crippen molar-refractivity contribution in [3.63, 3.8) is 0 Å². The van der Waals surface area contributed by atoms with Crippen molar-refractivity contribution >= 4 is 35.4 Å². The Morgan fingerprint density at radius 1 is 1.41 bits per heavy atom. The molecule has 0 unspecified atom stereocenters. The fraction of sp³-hybridized carbons (Fsp3) is 0.571. The van der Waals surface area contributed by atoms with E-state index >= 15 is 0 Å². The Morgan fingerprint density at radius 2 is 2.22 bits per heavy atom. The van der Waals surface area contributed by atoms with E-state index < -0.39 is 24.0 Å². The summed E-state index contributed by atoms with van der Waals surface area (Å²) < 4.78 is 4.92. The van der Waals surface area contributed by atoms with Gasteiger partial charge in [0.15, 0.2) is 5.69 Å². The van der Waals surface area contributed by atoms with Crippen LogP contribution in [-0.4, -0.2) is 69.5 Å². The summed E-state index contributed by atoms with van der Waals surface area (Å²) in [7, 11) is 0. The number of carbonyl (C=O) groups excluding carboxylic acids is 4. The largest absolute Gasteiger partial charge is 0.361 e. The van der Waals surface area contributed by atoms with Crippen molar-refractivity contribution in [3.05, 3.63) is 17.5 Å². The number of nitrogens with zero attached hydrogens (tertiary/aromatic N) is 2. The fourth-order valence-electron chi connectivity index (χ4n) is 4.33. The molecule has 4 heterocycles. The fourth-order valence-corrected chi connectivity index (χ4v) is 5.76. The van der Waals surface area contributed by atoms with Crippen LogP contribution in [0.25, 0.3) is 0 Å². The summed E-state index contributed by atoms with van der Waals surface area (Å²) in [4.78, 5) is 51.9. The first-order chi connectivity index (χ1) is 15.4. The highest BCUT2D eigenvalue weighted by Gasteiger charge is 2.47. The first kappa shape index (κ1) is 22.2. The molecule has 3 aliphatic heterocycles. The minimum Gasteiger partial charge on any atom is -0.361 e. The topological polar surface area (TPSA) is 134 Å². The number of fused-ring (bicyclic) bond motifs is 1. The van der Waals surface area contributed by atoms with Crippen LogP contribution >= 0.6 is 11.8 Å². The summed E-state index contributed by atoms with van der Waals surface area (Å²) in [5.41, 5.74) is 0.107. The monoisotopic (exact) mass is 459 g/mol. The van der Waals surface area contributed by atoms with E-state index in [0.29, 0.717) is 43.7 Å². The highest BCUT2D eigenvalue weighted by molar-refractivity contribution is 8.00. The summed E-state index contributed by atoms with van der Waals surface area (Å²) in [5.74, 6) is 2.09. The zero-order valence-electron chi connectivity index (χ0n) is 17.6. The molecular formula is C21H25N5O5S. The van der Waals surface area contributed by atoms with E-state index in [1.165, 1.54) is 6.07 Å². The number of hydrogen-bond acceptors (Lipinski definition) is 7. The van der Waals surface area contributed by atoms with E-state index in [0.717, 1.165) is 0 Å². The van der Waals surface area contributed by atoms with E-state index in [1.54, 1.807) is 23.6 Å². The summed E-state index contributed by atoms with van der Waals surface area (Å²) >= 11 is 1.54. The second kappa shape index (κ2) is 9.24. The molecule has 5 atom stereocenters. The average Bonchev–Trinajstić information content (AvgIpc) is 3.50. The summed E-state index contributed by atoms with van der Waals surface area (Å²) in [6, 6.07) is -0.515. The summed E-state index contributed by atoms with van der Waals surface area (Å²) in [6.45, 7) is 2.28. The van der Waals surface area contributed by atoms with Gasteiger partial charge in [0, 0.05) is 24.3 Å². The Labute approximate surface area is 189 Å². The third-order valence-corrected chi connectivity index (χ3v) is 7.37. The molecule has 10 nitrogen and oxygen atoms in total. The van der Waals surface area contributed by atoms with Gasteiger partial charge in [0.2, 0.25) is 17.7 Å². The minimum atomic E-state index is -0.740. The predicted octanol–water partition coefficient (Wildman–Crippen LogP) is -0.210. The molecule has 4 rings (SSSR count). The molecule has 0 bridgehead atoms.